The van der Waals surface area contributed by atoms with Gasteiger partial charge in [-0.3, -0.25) is 9.59 Å². The molecular formula is C14H16ClNO2. The lowest BCUT2D eigenvalue weighted by atomic mass is 9.98. The van der Waals surface area contributed by atoms with Gasteiger partial charge in [0.2, 0.25) is 0 Å². The van der Waals surface area contributed by atoms with E-state index in [-0.39, 0.29) is 11.7 Å². The first kappa shape index (κ1) is 13.1. The smallest absolute Gasteiger partial charge is 0.251 e. The molecule has 1 heterocycles. The second kappa shape index (κ2) is 6.01. The molecule has 1 aliphatic heterocycles. The molecule has 0 saturated heterocycles. The lowest BCUT2D eigenvalue weighted by Crippen LogP contribution is -2.22. The first-order chi connectivity index (χ1) is 8.72. The van der Waals surface area contributed by atoms with Gasteiger partial charge in [-0.25, -0.2) is 0 Å². The summed E-state index contributed by atoms with van der Waals surface area (Å²) in [7, 11) is 0. The second-order valence-corrected chi connectivity index (χ2v) is 4.83. The molecule has 18 heavy (non-hydrogen) atoms. The zero-order chi connectivity index (χ0) is 13.0. The third kappa shape index (κ3) is 2.91. The first-order valence-electron chi connectivity index (χ1n) is 6.22. The van der Waals surface area contributed by atoms with Gasteiger partial charge < -0.3 is 5.32 Å². The van der Waals surface area contributed by atoms with E-state index in [0.29, 0.717) is 36.4 Å². The van der Waals surface area contributed by atoms with Crippen LogP contribution in [0.4, 0.5) is 0 Å². The van der Waals surface area contributed by atoms with E-state index in [9.17, 15) is 9.59 Å². The van der Waals surface area contributed by atoms with E-state index in [2.05, 4.69) is 5.32 Å². The van der Waals surface area contributed by atoms with E-state index in [0.717, 1.165) is 18.4 Å². The Morgan fingerprint density at radius 2 is 2.22 bits per heavy atom. The molecule has 0 aliphatic carbocycles. The van der Waals surface area contributed by atoms with Crippen molar-refractivity contribution < 1.29 is 9.59 Å². The van der Waals surface area contributed by atoms with Gasteiger partial charge in [0.05, 0.1) is 0 Å². The van der Waals surface area contributed by atoms with Crippen LogP contribution in [0, 0.1) is 0 Å². The van der Waals surface area contributed by atoms with Gasteiger partial charge in [-0.1, -0.05) is 12.1 Å². The number of carbonyl (C=O) groups is 2. The fourth-order valence-corrected chi connectivity index (χ4v) is 2.26. The summed E-state index contributed by atoms with van der Waals surface area (Å²) in [6.07, 6.45) is 2.93. The summed E-state index contributed by atoms with van der Waals surface area (Å²) < 4.78 is 0. The zero-order valence-electron chi connectivity index (χ0n) is 10.2. The predicted octanol–water partition coefficient (Wildman–Crippen LogP) is 2.56. The highest BCUT2D eigenvalue weighted by atomic mass is 35.5. The Hall–Kier alpha value is -1.35. The van der Waals surface area contributed by atoms with Crippen molar-refractivity contribution >= 4 is 23.3 Å². The molecule has 0 fully saturated rings. The van der Waals surface area contributed by atoms with Crippen LogP contribution in [-0.4, -0.2) is 24.1 Å². The maximum atomic E-state index is 11.9. The number of carbonyl (C=O) groups excluding carboxylic acids is 2. The van der Waals surface area contributed by atoms with E-state index < -0.39 is 0 Å². The quantitative estimate of drug-likeness (QED) is 0.672. The Labute approximate surface area is 112 Å². The number of hydrogen-bond donors (Lipinski definition) is 1. The van der Waals surface area contributed by atoms with E-state index in [1.54, 1.807) is 6.07 Å². The lowest BCUT2D eigenvalue weighted by Gasteiger charge is -2.07. The molecule has 96 valence electrons. The standard InChI is InChI=1S/C14H16ClNO2/c15-7-1-4-13(17)11-6-5-10-3-2-8-16-14(18)12(10)9-11/h5-6,9H,1-4,7-8H2,(H,16,18). The van der Waals surface area contributed by atoms with Crippen molar-refractivity contribution in [3.63, 3.8) is 0 Å². The van der Waals surface area contributed by atoms with Crippen molar-refractivity contribution in [3.8, 4) is 0 Å². The lowest BCUT2D eigenvalue weighted by molar-refractivity contribution is 0.0956. The molecule has 3 nitrogen and oxygen atoms in total. The Kier molecular flexibility index (Phi) is 4.37. The summed E-state index contributed by atoms with van der Waals surface area (Å²) in [5.74, 6) is 0.460. The van der Waals surface area contributed by atoms with E-state index in [1.807, 2.05) is 12.1 Å². The number of amides is 1. The van der Waals surface area contributed by atoms with Gasteiger partial charge in [0.1, 0.15) is 0 Å². The normalized spacial score (nSPS) is 14.6. The topological polar surface area (TPSA) is 46.2 Å². The van der Waals surface area contributed by atoms with Gasteiger partial charge in [0.25, 0.3) is 5.91 Å². The van der Waals surface area contributed by atoms with Crippen LogP contribution < -0.4 is 5.32 Å². The van der Waals surface area contributed by atoms with Crippen LogP contribution in [0.25, 0.3) is 0 Å². The van der Waals surface area contributed by atoms with Gasteiger partial charge in [-0.2, -0.15) is 0 Å². The Balaban J connectivity index is 2.25. The summed E-state index contributed by atoms with van der Waals surface area (Å²) in [5.41, 5.74) is 2.28. The van der Waals surface area contributed by atoms with Crippen LogP contribution in [0.5, 0.6) is 0 Å². The molecule has 0 saturated carbocycles. The van der Waals surface area contributed by atoms with Crippen LogP contribution >= 0.6 is 11.6 Å². The number of Topliss-reactive ketones (excluding diaryl/α,β-unsaturated/α-hetero) is 1. The number of ketones is 1. The molecule has 4 heteroatoms. The molecule has 0 unspecified atom stereocenters. The highest BCUT2D eigenvalue weighted by molar-refractivity contribution is 6.18. The van der Waals surface area contributed by atoms with Crippen LogP contribution in [0.1, 0.15) is 45.5 Å². The monoisotopic (exact) mass is 265 g/mol. The molecule has 1 amide bonds. The Morgan fingerprint density at radius 1 is 1.39 bits per heavy atom. The van der Waals surface area contributed by atoms with Crippen LogP contribution in [0.15, 0.2) is 18.2 Å². The summed E-state index contributed by atoms with van der Waals surface area (Å²) in [5, 5.41) is 2.84. The molecule has 0 bridgehead atoms. The molecule has 1 aliphatic rings. The highest BCUT2D eigenvalue weighted by Crippen LogP contribution is 2.18. The minimum atomic E-state index is -0.0745. The van der Waals surface area contributed by atoms with Crippen LogP contribution in [-0.2, 0) is 6.42 Å². The number of alkyl halides is 1. The van der Waals surface area contributed by atoms with Gasteiger partial charge in [-0.05, 0) is 30.9 Å². The molecule has 0 spiro atoms. The first-order valence-corrected chi connectivity index (χ1v) is 6.76. The molecule has 0 aromatic heterocycles. The van der Waals surface area contributed by atoms with E-state index in [4.69, 9.17) is 11.6 Å². The molecule has 0 atom stereocenters. The van der Waals surface area contributed by atoms with Crippen molar-refractivity contribution in [1.82, 2.24) is 5.32 Å². The highest BCUT2D eigenvalue weighted by Gasteiger charge is 2.17. The maximum absolute atomic E-state index is 11.9. The average Bonchev–Trinajstić information content (AvgIpc) is 2.58. The fraction of sp³-hybridized carbons (Fsp3) is 0.429. The van der Waals surface area contributed by atoms with Crippen molar-refractivity contribution in [2.24, 2.45) is 0 Å². The summed E-state index contributed by atoms with van der Waals surface area (Å²) in [4.78, 5) is 23.7. The number of hydrogen-bond acceptors (Lipinski definition) is 2. The Bertz CT molecular complexity index is 471. The number of benzene rings is 1. The zero-order valence-corrected chi connectivity index (χ0v) is 10.9. The van der Waals surface area contributed by atoms with E-state index >= 15 is 0 Å². The summed E-state index contributed by atoms with van der Waals surface area (Å²) >= 11 is 5.58. The van der Waals surface area contributed by atoms with Crippen molar-refractivity contribution in [2.45, 2.75) is 25.7 Å². The summed E-state index contributed by atoms with van der Waals surface area (Å²) in [6, 6.07) is 5.43. The largest absolute Gasteiger partial charge is 0.352 e. The maximum Gasteiger partial charge on any atom is 0.251 e. The molecular weight excluding hydrogens is 250 g/mol. The molecule has 1 N–H and O–H groups in total. The SMILES string of the molecule is O=C(CCCCl)c1ccc2c(c1)C(=O)NCCC2. The number of aryl methyl sites for hydroxylation is 1. The van der Waals surface area contributed by atoms with Gasteiger partial charge in [0.15, 0.2) is 5.78 Å². The molecule has 1 aromatic carbocycles. The van der Waals surface area contributed by atoms with Crippen LogP contribution in [0.3, 0.4) is 0 Å². The Morgan fingerprint density at radius 3 is 3.00 bits per heavy atom. The molecule has 0 radical (unpaired) electrons. The van der Waals surface area contributed by atoms with Gasteiger partial charge in [-0.15, -0.1) is 11.6 Å². The third-order valence-corrected chi connectivity index (χ3v) is 3.39. The average molecular weight is 266 g/mol. The minimum Gasteiger partial charge on any atom is -0.352 e. The summed E-state index contributed by atoms with van der Waals surface area (Å²) in [6.45, 7) is 0.697. The number of rotatable bonds is 4. The van der Waals surface area contributed by atoms with Gasteiger partial charge in [0, 0.05) is 30.0 Å². The fourth-order valence-electron chi connectivity index (χ4n) is 2.13. The van der Waals surface area contributed by atoms with Crippen molar-refractivity contribution in [3.05, 3.63) is 34.9 Å². The number of nitrogens with one attached hydrogen (secondary N) is 1. The van der Waals surface area contributed by atoms with E-state index in [1.165, 1.54) is 0 Å². The van der Waals surface area contributed by atoms with Crippen LogP contribution in [0.2, 0.25) is 0 Å². The second-order valence-electron chi connectivity index (χ2n) is 4.45. The number of fused-ring (bicyclic) bond motifs is 1. The van der Waals surface area contributed by atoms with Crippen molar-refractivity contribution in [2.75, 3.05) is 12.4 Å². The molecule has 2 rings (SSSR count). The minimum absolute atomic E-state index is 0.0514. The predicted molar refractivity (Wildman–Crippen MR) is 71.4 cm³/mol. The number of halogens is 1. The molecule has 1 aromatic rings. The van der Waals surface area contributed by atoms with Crippen molar-refractivity contribution in [1.29, 1.82) is 0 Å². The van der Waals surface area contributed by atoms with Gasteiger partial charge >= 0.3 is 0 Å². The third-order valence-electron chi connectivity index (χ3n) is 3.12.